The first-order valence-electron chi connectivity index (χ1n) is 34.6. The molecule has 0 nitrogen and oxygen atoms in total. The van der Waals surface area contributed by atoms with Crippen molar-refractivity contribution in [1.29, 1.82) is 0 Å². The van der Waals surface area contributed by atoms with E-state index in [1.54, 1.807) is 0 Å². The normalized spacial score (nSPS) is 14.4. The van der Waals surface area contributed by atoms with E-state index >= 15 is 0 Å². The summed E-state index contributed by atoms with van der Waals surface area (Å²) in [4.78, 5) is 0. The summed E-state index contributed by atoms with van der Waals surface area (Å²) in [6.07, 6.45) is 0. The molecule has 3 aromatic carbocycles. The maximum atomic E-state index is 2.78. The summed E-state index contributed by atoms with van der Waals surface area (Å²) in [5, 5.41) is 15.4. The Bertz CT molecular complexity index is 2060. The van der Waals surface area contributed by atoms with Crippen LogP contribution in [0.5, 0.6) is 0 Å². The van der Waals surface area contributed by atoms with Crippen molar-refractivity contribution in [2.45, 2.75) is 365 Å². The third-order valence-electron chi connectivity index (χ3n) is 24.4. The second kappa shape index (κ2) is 29.4. The zero-order valence-electron chi connectivity index (χ0n) is 61.6. The molecule has 0 radical (unpaired) electrons. The minimum atomic E-state index is -2.23. The molecule has 0 aliphatic rings. The second-order valence-electron chi connectivity index (χ2n) is 32.9. The van der Waals surface area contributed by atoms with Gasteiger partial charge in [-0.2, -0.15) is 0 Å². The van der Waals surface area contributed by atoms with E-state index in [2.05, 4.69) is 304 Å². The first-order chi connectivity index (χ1) is 37.6. The van der Waals surface area contributed by atoms with Crippen molar-refractivity contribution in [3.05, 3.63) is 71.3 Å². The summed E-state index contributed by atoms with van der Waals surface area (Å²) >= 11 is -1.60. The average Bonchev–Trinajstić information content (AvgIpc) is 3.30. The molecular weight excluding hydrogens is 1120 g/mol. The van der Waals surface area contributed by atoms with E-state index in [1.807, 2.05) is 47.8 Å². The predicted molar refractivity (Wildman–Crippen MR) is 395 cm³/mol. The molecule has 0 unspecified atom stereocenters. The van der Waals surface area contributed by atoms with E-state index in [0.29, 0.717) is 99.7 Å². The Labute approximate surface area is 525 Å². The molecule has 7 heteroatoms. The van der Waals surface area contributed by atoms with Crippen LogP contribution in [-0.2, 0) is 30.0 Å². The Morgan fingerprint density at radius 1 is 0.207 bits per heavy atom. The van der Waals surface area contributed by atoms with Crippen molar-refractivity contribution in [2.75, 3.05) is 0 Å². The molecule has 0 heterocycles. The SMILES string of the molecule is CC(C)[Si](c1cccc([CH2][Cr]([CH2]c2cccc([Si](C(C)C)(C(C)C)C(C)C)c2[Si](C(C)C)(C(C)C)C(C)C)[CH2]c2cccc([Si](C(C)C)(C(C)C)C(C)C)c2[Si](C(C)C)(C(C)C)C(C)C)c1[Si](C(C)C)(C(C)C)C(C)C)(C(C)C)C(C)C. The average molecular weight is 1260 g/mol. The molecule has 0 atom stereocenters. The zero-order valence-corrected chi connectivity index (χ0v) is 68.9. The van der Waals surface area contributed by atoms with Gasteiger partial charge in [-0.15, -0.1) is 0 Å². The molecule has 0 bridgehead atoms. The summed E-state index contributed by atoms with van der Waals surface area (Å²) in [6.45, 7) is 96.0. The maximum absolute atomic E-state index is 2.78. The fourth-order valence-electron chi connectivity index (χ4n) is 23.0. The van der Waals surface area contributed by atoms with Crippen LogP contribution in [0.3, 0.4) is 0 Å². The fraction of sp³-hybridized carbons (Fsp3) is 0.760. The van der Waals surface area contributed by atoms with Crippen LogP contribution >= 0.6 is 0 Å². The van der Waals surface area contributed by atoms with Gasteiger partial charge in [0.25, 0.3) is 0 Å². The van der Waals surface area contributed by atoms with Gasteiger partial charge < -0.3 is 0 Å². The Hall–Kier alpha value is -0.506. The topological polar surface area (TPSA) is 0 Å². The van der Waals surface area contributed by atoms with Crippen LogP contribution in [0, 0.1) is 0 Å². The molecule has 0 amide bonds. The van der Waals surface area contributed by atoms with Crippen LogP contribution in [0.25, 0.3) is 0 Å². The van der Waals surface area contributed by atoms with Crippen LogP contribution in [0.15, 0.2) is 54.6 Å². The first kappa shape index (κ1) is 75.7. The van der Waals surface area contributed by atoms with Crippen LogP contribution in [0.2, 0.25) is 99.7 Å². The van der Waals surface area contributed by atoms with Gasteiger partial charge in [-0.25, -0.2) is 0 Å². The summed E-state index contributed by atoms with van der Waals surface area (Å²) in [5.41, 5.74) is 17.1. The van der Waals surface area contributed by atoms with Crippen molar-refractivity contribution >= 4 is 79.6 Å². The number of hydrogen-bond donors (Lipinski definition) is 0. The molecule has 0 saturated heterocycles. The van der Waals surface area contributed by atoms with E-state index in [4.69, 9.17) is 0 Å². The van der Waals surface area contributed by atoms with Crippen LogP contribution in [0.1, 0.15) is 266 Å². The molecule has 0 aliphatic carbocycles. The Kier molecular flexibility index (Phi) is 27.2. The van der Waals surface area contributed by atoms with Gasteiger partial charge >= 0.3 is 530 Å². The van der Waals surface area contributed by atoms with Gasteiger partial charge in [-0.05, 0) is 0 Å². The number of rotatable bonds is 30. The predicted octanol–water partition coefficient (Wildman–Crippen LogP) is 22.5. The summed E-state index contributed by atoms with van der Waals surface area (Å²) in [7, 11) is -13.0. The van der Waals surface area contributed by atoms with Gasteiger partial charge in [0.15, 0.2) is 0 Å². The van der Waals surface area contributed by atoms with Crippen molar-refractivity contribution < 1.29 is 14.1 Å². The Morgan fingerprint density at radius 3 is 0.463 bits per heavy atom. The molecule has 0 aromatic heterocycles. The molecular formula is C75H141CrSi6. The van der Waals surface area contributed by atoms with Gasteiger partial charge in [0.1, 0.15) is 0 Å². The van der Waals surface area contributed by atoms with E-state index in [9.17, 15) is 0 Å². The van der Waals surface area contributed by atoms with Gasteiger partial charge in [0, 0.05) is 0 Å². The third kappa shape index (κ3) is 12.6. The van der Waals surface area contributed by atoms with Crippen LogP contribution in [0.4, 0.5) is 0 Å². The van der Waals surface area contributed by atoms with Crippen molar-refractivity contribution in [3.63, 3.8) is 0 Å². The Morgan fingerprint density at radius 2 is 0.341 bits per heavy atom. The molecule has 82 heavy (non-hydrogen) atoms. The van der Waals surface area contributed by atoms with E-state index in [0.717, 1.165) is 0 Å². The summed E-state index contributed by atoms with van der Waals surface area (Å²) in [5.74, 6) is 0. The van der Waals surface area contributed by atoms with Gasteiger partial charge in [0.05, 0.1) is 0 Å². The van der Waals surface area contributed by atoms with Gasteiger partial charge in [0.2, 0.25) is 0 Å². The van der Waals surface area contributed by atoms with Crippen molar-refractivity contribution in [3.8, 4) is 0 Å². The molecule has 0 fully saturated rings. The third-order valence-corrected chi connectivity index (χ3v) is 71.4. The van der Waals surface area contributed by atoms with Crippen LogP contribution in [-0.4, -0.2) is 48.4 Å². The van der Waals surface area contributed by atoms with E-state index < -0.39 is 62.6 Å². The molecule has 3 rings (SSSR count). The van der Waals surface area contributed by atoms with Gasteiger partial charge in [-0.1, -0.05) is 0 Å². The van der Waals surface area contributed by atoms with E-state index in [-0.39, 0.29) is 0 Å². The number of hydrogen-bond acceptors (Lipinski definition) is 0. The molecule has 0 spiro atoms. The van der Waals surface area contributed by atoms with Crippen molar-refractivity contribution in [1.82, 2.24) is 0 Å². The molecule has 0 aliphatic heterocycles. The second-order valence-corrected chi connectivity index (χ2v) is 71.3. The molecule has 0 saturated carbocycles. The van der Waals surface area contributed by atoms with Crippen LogP contribution < -0.4 is 31.1 Å². The Balaban J connectivity index is 3.09. The van der Waals surface area contributed by atoms with Gasteiger partial charge in [-0.3, -0.25) is 0 Å². The minimum absolute atomic E-state index is 0.641. The fourth-order valence-corrected chi connectivity index (χ4v) is 72.7. The quantitative estimate of drug-likeness (QED) is 0.0584. The van der Waals surface area contributed by atoms with Crippen molar-refractivity contribution in [2.24, 2.45) is 0 Å². The standard InChI is InChI=1S/3C25H47Si2.Cr/c3*1-17(2)26(18(3)4,19(5)6)24-16-14-15-23(13)25(24)27(20(7)8,21(9)10)22(11)12;/h3*14-22H,13H2,1-12H3;. The molecule has 0 N–H and O–H groups in total. The molecule has 3 aromatic rings. The zero-order chi connectivity index (χ0) is 63.7. The summed E-state index contributed by atoms with van der Waals surface area (Å²) in [6, 6.07) is 24.6. The first-order valence-corrected chi connectivity index (χ1v) is 50.7. The summed E-state index contributed by atoms with van der Waals surface area (Å²) < 4.78 is 0. The number of benzene rings is 3. The monoisotopic (exact) mass is 1260 g/mol. The molecule has 471 valence electrons. The van der Waals surface area contributed by atoms with E-state index in [1.165, 1.54) is 15.8 Å².